The van der Waals surface area contributed by atoms with E-state index in [0.29, 0.717) is 19.5 Å². The van der Waals surface area contributed by atoms with Gasteiger partial charge in [-0.15, -0.1) is 0 Å². The lowest BCUT2D eigenvalue weighted by Crippen LogP contribution is -2.57. The smallest absolute Gasteiger partial charge is 0.280 e. The van der Waals surface area contributed by atoms with Crippen molar-refractivity contribution in [1.29, 1.82) is 0 Å². The van der Waals surface area contributed by atoms with Crippen molar-refractivity contribution in [2.75, 3.05) is 19.6 Å². The highest BCUT2D eigenvalue weighted by Crippen LogP contribution is 2.26. The van der Waals surface area contributed by atoms with Crippen LogP contribution in [-0.4, -0.2) is 42.4 Å². The summed E-state index contributed by atoms with van der Waals surface area (Å²) < 4.78 is 26.8. The van der Waals surface area contributed by atoms with Crippen LogP contribution in [0.5, 0.6) is 0 Å². The third kappa shape index (κ3) is 2.64. The Bertz CT molecular complexity index is 221. The summed E-state index contributed by atoms with van der Waals surface area (Å²) in [5, 5.41) is 2.30. The van der Waals surface area contributed by atoms with Crippen LogP contribution in [0.1, 0.15) is 20.3 Å². The summed E-state index contributed by atoms with van der Waals surface area (Å²) in [5.41, 5.74) is 0. The number of nitrogens with one attached hydrogen (secondary N) is 1. The average Bonchev–Trinajstić information content (AvgIpc) is 2.07. The number of likely N-dealkylation sites (tertiary alicyclic amines) is 1. The van der Waals surface area contributed by atoms with Crippen molar-refractivity contribution in [3.8, 4) is 0 Å². The first kappa shape index (κ1) is 11.4. The zero-order valence-electron chi connectivity index (χ0n) is 8.52. The first-order valence-corrected chi connectivity index (χ1v) is 4.83. The minimum atomic E-state index is -2.81. The van der Waals surface area contributed by atoms with Gasteiger partial charge in [-0.05, 0) is 13.0 Å². The molecular weight excluding hydrogens is 190 g/mol. The first-order chi connectivity index (χ1) is 6.45. The number of nitrogens with zero attached hydrogens (tertiary/aromatic N) is 1. The van der Waals surface area contributed by atoms with Crippen LogP contribution < -0.4 is 5.32 Å². The number of piperidine rings is 1. The summed E-state index contributed by atoms with van der Waals surface area (Å²) in [6, 6.07) is -0.997. The Morgan fingerprint density at radius 2 is 2.29 bits per heavy atom. The molecule has 82 valence electrons. The van der Waals surface area contributed by atoms with Gasteiger partial charge < -0.3 is 5.32 Å². The van der Waals surface area contributed by atoms with Crippen molar-refractivity contribution in [2.45, 2.75) is 32.2 Å². The predicted molar refractivity (Wildman–Crippen MR) is 49.3 cm³/mol. The molecular formula is C9H16F2N2O. The van der Waals surface area contributed by atoms with Crippen molar-refractivity contribution in [3.05, 3.63) is 0 Å². The van der Waals surface area contributed by atoms with Gasteiger partial charge in [0.1, 0.15) is 0 Å². The SMILES string of the molecule is CCN1CCC(NC(C)=O)C(F)(F)C1. The molecule has 0 aromatic rings. The Morgan fingerprint density at radius 1 is 1.64 bits per heavy atom. The number of hydrogen-bond acceptors (Lipinski definition) is 2. The molecule has 14 heavy (non-hydrogen) atoms. The molecule has 0 aromatic carbocycles. The molecule has 1 aliphatic rings. The van der Waals surface area contributed by atoms with E-state index in [1.807, 2.05) is 6.92 Å². The van der Waals surface area contributed by atoms with Crippen molar-refractivity contribution in [2.24, 2.45) is 0 Å². The fourth-order valence-electron chi connectivity index (χ4n) is 1.70. The second-order valence-corrected chi connectivity index (χ2v) is 3.67. The number of alkyl halides is 2. The lowest BCUT2D eigenvalue weighted by Gasteiger charge is -2.37. The number of amides is 1. The quantitative estimate of drug-likeness (QED) is 0.726. The second kappa shape index (κ2) is 4.21. The van der Waals surface area contributed by atoms with E-state index in [1.54, 1.807) is 4.90 Å². The van der Waals surface area contributed by atoms with E-state index >= 15 is 0 Å². The molecule has 1 rings (SSSR count). The maximum atomic E-state index is 13.4. The molecule has 0 radical (unpaired) electrons. The topological polar surface area (TPSA) is 32.3 Å². The van der Waals surface area contributed by atoms with Gasteiger partial charge in [0, 0.05) is 13.5 Å². The van der Waals surface area contributed by atoms with Crippen molar-refractivity contribution < 1.29 is 13.6 Å². The summed E-state index contributed by atoms with van der Waals surface area (Å²) in [5.74, 6) is -3.19. The Kier molecular flexibility index (Phi) is 3.42. The summed E-state index contributed by atoms with van der Waals surface area (Å²) in [6.07, 6.45) is 0.320. The molecule has 1 heterocycles. The molecule has 1 saturated heterocycles. The van der Waals surface area contributed by atoms with E-state index in [-0.39, 0.29) is 12.5 Å². The summed E-state index contributed by atoms with van der Waals surface area (Å²) in [4.78, 5) is 12.4. The standard InChI is InChI=1S/C9H16F2N2O/c1-3-13-5-4-8(12-7(2)14)9(10,11)6-13/h8H,3-6H2,1-2H3,(H,12,14). The van der Waals surface area contributed by atoms with Gasteiger partial charge in [0.25, 0.3) is 5.92 Å². The molecule has 1 atom stereocenters. The summed E-state index contributed by atoms with van der Waals surface area (Å²) in [7, 11) is 0. The van der Waals surface area contributed by atoms with Crippen LogP contribution in [-0.2, 0) is 4.79 Å². The Morgan fingerprint density at radius 3 is 2.71 bits per heavy atom. The third-order valence-corrected chi connectivity index (χ3v) is 2.50. The van der Waals surface area contributed by atoms with E-state index in [4.69, 9.17) is 0 Å². The van der Waals surface area contributed by atoms with Crippen molar-refractivity contribution in [3.63, 3.8) is 0 Å². The van der Waals surface area contributed by atoms with Crippen LogP contribution in [0.4, 0.5) is 8.78 Å². The monoisotopic (exact) mass is 206 g/mol. The average molecular weight is 206 g/mol. The van der Waals surface area contributed by atoms with Crippen LogP contribution in [0.3, 0.4) is 0 Å². The fourth-order valence-corrected chi connectivity index (χ4v) is 1.70. The van der Waals surface area contributed by atoms with Gasteiger partial charge in [-0.2, -0.15) is 0 Å². The van der Waals surface area contributed by atoms with Crippen LogP contribution in [0.15, 0.2) is 0 Å². The minimum absolute atomic E-state index is 0.256. The maximum absolute atomic E-state index is 13.4. The summed E-state index contributed by atoms with van der Waals surface area (Å²) >= 11 is 0. The van der Waals surface area contributed by atoms with Gasteiger partial charge >= 0.3 is 0 Å². The molecule has 3 nitrogen and oxygen atoms in total. The number of halogens is 2. The molecule has 1 amide bonds. The normalized spacial score (nSPS) is 27.3. The van der Waals surface area contributed by atoms with Crippen molar-refractivity contribution >= 4 is 5.91 Å². The van der Waals surface area contributed by atoms with E-state index in [0.717, 1.165) is 0 Å². The molecule has 0 saturated carbocycles. The number of rotatable bonds is 2. The molecule has 1 unspecified atom stereocenters. The van der Waals surface area contributed by atoms with Crippen LogP contribution in [0.25, 0.3) is 0 Å². The molecule has 1 fully saturated rings. The highest BCUT2D eigenvalue weighted by atomic mass is 19.3. The number of carbonyl (C=O) groups excluding carboxylic acids is 1. The molecule has 1 aliphatic heterocycles. The third-order valence-electron chi connectivity index (χ3n) is 2.50. The van der Waals surface area contributed by atoms with Gasteiger partial charge in [-0.3, -0.25) is 9.69 Å². The zero-order chi connectivity index (χ0) is 10.8. The molecule has 0 aliphatic carbocycles. The number of hydrogen-bond donors (Lipinski definition) is 1. The van der Waals surface area contributed by atoms with E-state index in [2.05, 4.69) is 5.32 Å². The molecule has 5 heteroatoms. The van der Waals surface area contributed by atoms with Crippen molar-refractivity contribution in [1.82, 2.24) is 10.2 Å². The number of carbonyl (C=O) groups is 1. The molecule has 1 N–H and O–H groups in total. The van der Waals surface area contributed by atoms with Gasteiger partial charge in [-0.25, -0.2) is 8.78 Å². The lowest BCUT2D eigenvalue weighted by molar-refractivity contribution is -0.128. The zero-order valence-corrected chi connectivity index (χ0v) is 8.52. The fraction of sp³-hybridized carbons (Fsp3) is 0.889. The van der Waals surface area contributed by atoms with E-state index < -0.39 is 12.0 Å². The van der Waals surface area contributed by atoms with E-state index in [9.17, 15) is 13.6 Å². The van der Waals surface area contributed by atoms with Gasteiger partial charge in [0.05, 0.1) is 12.6 Å². The molecule has 0 bridgehead atoms. The maximum Gasteiger partial charge on any atom is 0.280 e. The Hall–Kier alpha value is -0.710. The first-order valence-electron chi connectivity index (χ1n) is 4.83. The van der Waals surface area contributed by atoms with Crippen LogP contribution in [0.2, 0.25) is 0 Å². The van der Waals surface area contributed by atoms with E-state index in [1.165, 1.54) is 6.92 Å². The minimum Gasteiger partial charge on any atom is -0.347 e. The predicted octanol–water partition coefficient (Wildman–Crippen LogP) is 0.852. The van der Waals surface area contributed by atoms with Gasteiger partial charge in [-0.1, -0.05) is 6.92 Å². The molecule has 0 spiro atoms. The highest BCUT2D eigenvalue weighted by molar-refractivity contribution is 5.73. The van der Waals surface area contributed by atoms with Crippen LogP contribution >= 0.6 is 0 Å². The van der Waals surface area contributed by atoms with Crippen LogP contribution in [0, 0.1) is 0 Å². The molecule has 0 aromatic heterocycles. The van der Waals surface area contributed by atoms with Gasteiger partial charge in [0.15, 0.2) is 0 Å². The Labute approximate surface area is 82.5 Å². The summed E-state index contributed by atoms with van der Waals surface area (Å²) in [6.45, 7) is 4.12. The highest BCUT2D eigenvalue weighted by Gasteiger charge is 2.44. The lowest BCUT2D eigenvalue weighted by atomic mass is 10.0. The Balaban J connectivity index is 2.58. The largest absolute Gasteiger partial charge is 0.347 e. The van der Waals surface area contributed by atoms with Gasteiger partial charge in [0.2, 0.25) is 5.91 Å². The second-order valence-electron chi connectivity index (χ2n) is 3.67.